The normalized spacial score (nSPS) is 13.9. The number of ether oxygens (including phenoxy) is 3. The zero-order valence-electron chi connectivity index (χ0n) is 19.9. The lowest BCUT2D eigenvalue weighted by Gasteiger charge is -2.23. The number of thiazole rings is 1. The summed E-state index contributed by atoms with van der Waals surface area (Å²) in [5.41, 5.74) is 6.59. The van der Waals surface area contributed by atoms with Gasteiger partial charge in [0.15, 0.2) is 0 Å². The van der Waals surface area contributed by atoms with E-state index in [1.165, 1.54) is 41.7 Å². The largest absolute Gasteiger partial charge is 0.488 e. The number of nitrogens with zero attached hydrogens (tertiary/aromatic N) is 4. The molecule has 4 aromatic rings. The van der Waals surface area contributed by atoms with Crippen LogP contribution in [0.5, 0.6) is 17.2 Å². The molecule has 2 aromatic carbocycles. The number of nitrogen functional groups attached to an aromatic ring is 1. The number of nitrogens with two attached hydrogens (primary N) is 1. The van der Waals surface area contributed by atoms with Crippen LogP contribution in [-0.2, 0) is 11.3 Å². The standard InChI is InChI=1S/C26H23F2N5O3S/c1-15-31-13-21(37-15)14-35-19-8-16(27)9-20(10-19)36-18-2-3-22(24(28)11-18)25-23(12-29)26(30)33(32-25)17-4-6-34-7-5-17/h2-3,8-11,13,17H,4-7,14,30H2,1H3. The molecule has 1 fully saturated rings. The fourth-order valence-corrected chi connectivity index (χ4v) is 4.86. The van der Waals surface area contributed by atoms with Crippen molar-refractivity contribution in [2.24, 2.45) is 0 Å². The van der Waals surface area contributed by atoms with Crippen molar-refractivity contribution in [1.29, 1.82) is 5.26 Å². The van der Waals surface area contributed by atoms with Crippen LogP contribution >= 0.6 is 11.3 Å². The number of halogens is 2. The number of nitriles is 1. The molecular weight excluding hydrogens is 500 g/mol. The summed E-state index contributed by atoms with van der Waals surface area (Å²) in [4.78, 5) is 5.07. The third-order valence-electron chi connectivity index (χ3n) is 5.92. The van der Waals surface area contributed by atoms with E-state index in [9.17, 15) is 9.65 Å². The predicted octanol–water partition coefficient (Wildman–Crippen LogP) is 5.77. The highest BCUT2D eigenvalue weighted by Gasteiger charge is 2.25. The van der Waals surface area contributed by atoms with Crippen molar-refractivity contribution in [3.8, 4) is 34.6 Å². The number of benzene rings is 2. The third kappa shape index (κ3) is 5.40. The SMILES string of the molecule is Cc1ncc(COc2cc(F)cc(Oc3ccc(-c4nn(C5CCOCC5)c(N)c4C#N)c(F)c3)c2)s1. The Hall–Kier alpha value is -4.01. The van der Waals surface area contributed by atoms with Crippen molar-refractivity contribution in [3.05, 3.63) is 69.7 Å². The maximum absolute atomic E-state index is 15.2. The molecule has 5 rings (SSSR count). The maximum atomic E-state index is 15.2. The molecule has 0 unspecified atom stereocenters. The third-order valence-corrected chi connectivity index (χ3v) is 6.81. The van der Waals surface area contributed by atoms with Gasteiger partial charge in [0.2, 0.25) is 0 Å². The van der Waals surface area contributed by atoms with Crippen LogP contribution in [0.4, 0.5) is 14.6 Å². The number of rotatable bonds is 7. The number of aromatic nitrogens is 3. The van der Waals surface area contributed by atoms with Gasteiger partial charge in [-0.15, -0.1) is 11.3 Å². The monoisotopic (exact) mass is 523 g/mol. The van der Waals surface area contributed by atoms with Gasteiger partial charge < -0.3 is 19.9 Å². The Morgan fingerprint density at radius 3 is 2.65 bits per heavy atom. The molecule has 11 heteroatoms. The molecule has 0 spiro atoms. The Labute approximate surface area is 215 Å². The first-order valence-corrected chi connectivity index (χ1v) is 12.4. The van der Waals surface area contributed by atoms with E-state index >= 15 is 4.39 Å². The number of hydrogen-bond donors (Lipinski definition) is 1. The lowest BCUT2D eigenvalue weighted by Crippen LogP contribution is -2.21. The maximum Gasteiger partial charge on any atom is 0.140 e. The van der Waals surface area contributed by atoms with E-state index < -0.39 is 11.6 Å². The number of hydrogen-bond acceptors (Lipinski definition) is 8. The summed E-state index contributed by atoms with van der Waals surface area (Å²) in [7, 11) is 0. The zero-order valence-corrected chi connectivity index (χ0v) is 20.7. The first-order valence-electron chi connectivity index (χ1n) is 11.6. The summed E-state index contributed by atoms with van der Waals surface area (Å²) in [5, 5.41) is 15.1. The van der Waals surface area contributed by atoms with Crippen LogP contribution < -0.4 is 15.2 Å². The fraction of sp³-hybridized carbons (Fsp3) is 0.269. The molecule has 0 amide bonds. The molecule has 1 aliphatic heterocycles. The minimum Gasteiger partial charge on any atom is -0.488 e. The lowest BCUT2D eigenvalue weighted by atomic mass is 10.1. The molecule has 0 atom stereocenters. The van der Waals surface area contributed by atoms with E-state index in [1.54, 1.807) is 10.9 Å². The molecular formula is C26H23F2N5O3S. The Morgan fingerprint density at radius 1 is 1.16 bits per heavy atom. The highest BCUT2D eigenvalue weighted by atomic mass is 32.1. The molecule has 8 nitrogen and oxygen atoms in total. The molecule has 0 aliphatic carbocycles. The van der Waals surface area contributed by atoms with Crippen molar-refractivity contribution >= 4 is 17.2 Å². The van der Waals surface area contributed by atoms with E-state index in [4.69, 9.17) is 19.9 Å². The summed E-state index contributed by atoms with van der Waals surface area (Å²) < 4.78 is 47.8. The average molecular weight is 524 g/mol. The molecule has 2 N–H and O–H groups in total. The van der Waals surface area contributed by atoms with Crippen LogP contribution in [0.25, 0.3) is 11.3 Å². The summed E-state index contributed by atoms with van der Waals surface area (Å²) in [5.74, 6) is -0.451. The van der Waals surface area contributed by atoms with E-state index in [0.29, 0.717) is 26.1 Å². The van der Waals surface area contributed by atoms with Crippen molar-refractivity contribution in [2.75, 3.05) is 18.9 Å². The van der Waals surface area contributed by atoms with Gasteiger partial charge in [0.05, 0.1) is 15.9 Å². The van der Waals surface area contributed by atoms with Crippen LogP contribution in [0.3, 0.4) is 0 Å². The van der Waals surface area contributed by atoms with Gasteiger partial charge in [0.1, 0.15) is 58.6 Å². The van der Waals surface area contributed by atoms with E-state index in [0.717, 1.165) is 16.0 Å². The summed E-state index contributed by atoms with van der Waals surface area (Å²) in [6.45, 7) is 3.27. The van der Waals surface area contributed by atoms with Gasteiger partial charge in [-0.2, -0.15) is 10.4 Å². The summed E-state index contributed by atoms with van der Waals surface area (Å²) in [6.07, 6.45) is 3.11. The van der Waals surface area contributed by atoms with Gasteiger partial charge in [-0.1, -0.05) is 0 Å². The Balaban J connectivity index is 1.36. The minimum atomic E-state index is -0.654. The molecule has 3 heterocycles. The van der Waals surface area contributed by atoms with Gasteiger partial charge in [0, 0.05) is 49.2 Å². The van der Waals surface area contributed by atoms with Crippen molar-refractivity contribution in [1.82, 2.24) is 14.8 Å². The lowest BCUT2D eigenvalue weighted by molar-refractivity contribution is 0.0669. The van der Waals surface area contributed by atoms with Crippen LogP contribution in [0.2, 0.25) is 0 Å². The smallest absolute Gasteiger partial charge is 0.140 e. The van der Waals surface area contributed by atoms with Gasteiger partial charge in [-0.05, 0) is 31.9 Å². The van der Waals surface area contributed by atoms with Gasteiger partial charge >= 0.3 is 0 Å². The van der Waals surface area contributed by atoms with Crippen LogP contribution in [0.1, 0.15) is 34.3 Å². The molecule has 1 aliphatic rings. The van der Waals surface area contributed by atoms with Crippen LogP contribution in [-0.4, -0.2) is 28.0 Å². The average Bonchev–Trinajstić information content (AvgIpc) is 3.45. The van der Waals surface area contributed by atoms with Gasteiger partial charge in [-0.3, -0.25) is 0 Å². The molecule has 37 heavy (non-hydrogen) atoms. The Kier molecular flexibility index (Phi) is 7.03. The second-order valence-electron chi connectivity index (χ2n) is 8.51. The molecule has 1 saturated heterocycles. The highest BCUT2D eigenvalue weighted by Crippen LogP contribution is 2.35. The quantitative estimate of drug-likeness (QED) is 0.328. The second kappa shape index (κ2) is 10.5. The second-order valence-corrected chi connectivity index (χ2v) is 9.83. The number of anilines is 1. The molecule has 0 bridgehead atoms. The first-order chi connectivity index (χ1) is 17.9. The highest BCUT2D eigenvalue weighted by molar-refractivity contribution is 7.11. The molecule has 2 aromatic heterocycles. The molecule has 0 radical (unpaired) electrons. The summed E-state index contributed by atoms with van der Waals surface area (Å²) in [6, 6.07) is 10.1. The van der Waals surface area contributed by atoms with Crippen molar-refractivity contribution in [2.45, 2.75) is 32.4 Å². The topological polar surface area (TPSA) is 108 Å². The van der Waals surface area contributed by atoms with E-state index in [1.807, 2.05) is 13.0 Å². The number of aryl methyl sites for hydroxylation is 1. The predicted molar refractivity (Wildman–Crippen MR) is 133 cm³/mol. The Bertz CT molecular complexity index is 1470. The fourth-order valence-electron chi connectivity index (χ4n) is 4.15. The van der Waals surface area contributed by atoms with Crippen LogP contribution in [0.15, 0.2) is 42.6 Å². The molecule has 0 saturated carbocycles. The van der Waals surface area contributed by atoms with E-state index in [2.05, 4.69) is 10.1 Å². The van der Waals surface area contributed by atoms with Crippen molar-refractivity contribution in [3.63, 3.8) is 0 Å². The summed E-state index contributed by atoms with van der Waals surface area (Å²) >= 11 is 1.49. The first kappa shape index (κ1) is 24.7. The Morgan fingerprint density at radius 2 is 1.95 bits per heavy atom. The van der Waals surface area contributed by atoms with Crippen molar-refractivity contribution < 1.29 is 23.0 Å². The van der Waals surface area contributed by atoms with Gasteiger partial charge in [0.25, 0.3) is 0 Å². The minimum absolute atomic E-state index is 0.0234. The van der Waals surface area contributed by atoms with Crippen LogP contribution in [0, 0.1) is 29.9 Å². The van der Waals surface area contributed by atoms with E-state index in [-0.39, 0.29) is 52.5 Å². The zero-order chi connectivity index (χ0) is 25.9. The molecule has 190 valence electrons. The van der Waals surface area contributed by atoms with Gasteiger partial charge in [-0.25, -0.2) is 18.4 Å².